The van der Waals surface area contributed by atoms with E-state index in [1.165, 1.54) is 0 Å². The fourth-order valence-corrected chi connectivity index (χ4v) is 0.944. The SMILES string of the molecule is CC(C)(C)/C=C/c1ccc(Cl)nc1. The number of allylic oxidation sites excluding steroid dienone is 1. The molecule has 0 atom stereocenters. The number of nitrogens with zero attached hydrogens (tertiary/aromatic N) is 1. The van der Waals surface area contributed by atoms with Crippen molar-refractivity contribution in [1.29, 1.82) is 0 Å². The molecule has 0 fully saturated rings. The summed E-state index contributed by atoms with van der Waals surface area (Å²) in [6.07, 6.45) is 5.98. The van der Waals surface area contributed by atoms with E-state index in [1.54, 1.807) is 12.3 Å². The fraction of sp³-hybridized carbons (Fsp3) is 0.364. The van der Waals surface area contributed by atoms with Crippen LogP contribution in [-0.4, -0.2) is 4.98 Å². The Hall–Kier alpha value is -0.820. The smallest absolute Gasteiger partial charge is 0.129 e. The van der Waals surface area contributed by atoms with Gasteiger partial charge >= 0.3 is 0 Å². The molecule has 1 aromatic heterocycles. The molecule has 1 rings (SSSR count). The number of pyridine rings is 1. The molecule has 2 heteroatoms. The Kier molecular flexibility index (Phi) is 3.10. The molecule has 0 aliphatic rings. The Morgan fingerprint density at radius 3 is 2.46 bits per heavy atom. The Morgan fingerprint density at radius 2 is 2.00 bits per heavy atom. The predicted molar refractivity (Wildman–Crippen MR) is 57.7 cm³/mol. The quantitative estimate of drug-likeness (QED) is 0.622. The molecule has 13 heavy (non-hydrogen) atoms. The topological polar surface area (TPSA) is 12.9 Å². The molecule has 0 spiro atoms. The summed E-state index contributed by atoms with van der Waals surface area (Å²) in [6.45, 7) is 6.48. The third-order valence-electron chi connectivity index (χ3n) is 1.53. The van der Waals surface area contributed by atoms with Gasteiger partial charge < -0.3 is 0 Å². The third kappa shape index (κ3) is 4.09. The van der Waals surface area contributed by atoms with Crippen LogP contribution in [0, 0.1) is 5.41 Å². The molecule has 0 aliphatic carbocycles. The largest absolute Gasteiger partial charge is 0.244 e. The molecule has 0 unspecified atom stereocenters. The van der Waals surface area contributed by atoms with Crippen LogP contribution in [-0.2, 0) is 0 Å². The van der Waals surface area contributed by atoms with Crippen molar-refractivity contribution in [2.45, 2.75) is 20.8 Å². The summed E-state index contributed by atoms with van der Waals surface area (Å²) >= 11 is 5.67. The van der Waals surface area contributed by atoms with Gasteiger partial charge in [0.2, 0.25) is 0 Å². The van der Waals surface area contributed by atoms with Gasteiger partial charge in [0.15, 0.2) is 0 Å². The van der Waals surface area contributed by atoms with Gasteiger partial charge in [-0.2, -0.15) is 0 Å². The lowest BCUT2D eigenvalue weighted by atomic mass is 9.95. The van der Waals surface area contributed by atoms with Gasteiger partial charge in [-0.3, -0.25) is 0 Å². The van der Waals surface area contributed by atoms with Crippen LogP contribution in [0.2, 0.25) is 5.15 Å². The third-order valence-corrected chi connectivity index (χ3v) is 1.75. The second-order valence-electron chi connectivity index (χ2n) is 4.11. The molecule has 1 nitrogen and oxygen atoms in total. The van der Waals surface area contributed by atoms with E-state index < -0.39 is 0 Å². The van der Waals surface area contributed by atoms with E-state index in [2.05, 4.69) is 37.9 Å². The van der Waals surface area contributed by atoms with Crippen molar-refractivity contribution in [2.24, 2.45) is 5.41 Å². The highest BCUT2D eigenvalue weighted by molar-refractivity contribution is 6.29. The lowest BCUT2D eigenvalue weighted by Gasteiger charge is -2.10. The highest BCUT2D eigenvalue weighted by Gasteiger charge is 2.03. The van der Waals surface area contributed by atoms with Crippen molar-refractivity contribution in [3.05, 3.63) is 35.1 Å². The maximum atomic E-state index is 5.67. The summed E-state index contributed by atoms with van der Waals surface area (Å²) in [5.41, 5.74) is 1.29. The molecule has 0 saturated heterocycles. The number of aromatic nitrogens is 1. The molecule has 0 amide bonds. The van der Waals surface area contributed by atoms with E-state index in [0.29, 0.717) is 5.15 Å². The highest BCUT2D eigenvalue weighted by atomic mass is 35.5. The van der Waals surface area contributed by atoms with Crippen LogP contribution >= 0.6 is 11.6 Å². The van der Waals surface area contributed by atoms with Crippen LogP contribution in [0.4, 0.5) is 0 Å². The number of rotatable bonds is 1. The zero-order valence-corrected chi connectivity index (χ0v) is 8.97. The number of hydrogen-bond acceptors (Lipinski definition) is 1. The molecule has 1 heterocycles. The van der Waals surface area contributed by atoms with Gasteiger partial charge in [-0.1, -0.05) is 50.6 Å². The monoisotopic (exact) mass is 195 g/mol. The van der Waals surface area contributed by atoms with Crippen LogP contribution in [0.25, 0.3) is 6.08 Å². The van der Waals surface area contributed by atoms with Crippen molar-refractivity contribution in [3.63, 3.8) is 0 Å². The minimum absolute atomic E-state index is 0.208. The molecule has 0 saturated carbocycles. The van der Waals surface area contributed by atoms with E-state index in [1.807, 2.05) is 6.07 Å². The molecular weight excluding hydrogens is 182 g/mol. The van der Waals surface area contributed by atoms with Crippen molar-refractivity contribution in [3.8, 4) is 0 Å². The Bertz CT molecular complexity index is 293. The number of halogens is 1. The van der Waals surface area contributed by atoms with Crippen LogP contribution < -0.4 is 0 Å². The zero-order chi connectivity index (χ0) is 9.90. The Morgan fingerprint density at radius 1 is 1.31 bits per heavy atom. The van der Waals surface area contributed by atoms with E-state index in [-0.39, 0.29) is 5.41 Å². The summed E-state index contributed by atoms with van der Waals surface area (Å²) in [5.74, 6) is 0. The van der Waals surface area contributed by atoms with Gasteiger partial charge in [0, 0.05) is 6.20 Å². The molecule has 0 radical (unpaired) electrons. The van der Waals surface area contributed by atoms with Gasteiger partial charge in [-0.25, -0.2) is 4.98 Å². The van der Waals surface area contributed by atoms with Crippen molar-refractivity contribution in [1.82, 2.24) is 4.98 Å². The van der Waals surface area contributed by atoms with Gasteiger partial charge in [0.05, 0.1) is 0 Å². The molecule has 0 aliphatic heterocycles. The highest BCUT2D eigenvalue weighted by Crippen LogP contribution is 2.17. The van der Waals surface area contributed by atoms with Gasteiger partial charge in [-0.05, 0) is 17.0 Å². The normalized spacial score (nSPS) is 12.3. The van der Waals surface area contributed by atoms with Crippen LogP contribution in [0.1, 0.15) is 26.3 Å². The van der Waals surface area contributed by atoms with Crippen LogP contribution in [0.3, 0.4) is 0 Å². The second kappa shape index (κ2) is 3.93. The fourth-order valence-electron chi connectivity index (χ4n) is 0.832. The molecule has 0 N–H and O–H groups in total. The van der Waals surface area contributed by atoms with E-state index in [0.717, 1.165) is 5.56 Å². The summed E-state index contributed by atoms with van der Waals surface area (Å²) in [6, 6.07) is 3.75. The molecule has 70 valence electrons. The zero-order valence-electron chi connectivity index (χ0n) is 8.21. The van der Waals surface area contributed by atoms with Gasteiger partial charge in [0.25, 0.3) is 0 Å². The standard InChI is InChI=1S/C11H14ClN/c1-11(2,3)7-6-9-4-5-10(12)13-8-9/h4-8H,1-3H3/b7-6+. The van der Waals surface area contributed by atoms with E-state index in [9.17, 15) is 0 Å². The summed E-state index contributed by atoms with van der Waals surface area (Å²) in [4.78, 5) is 3.99. The maximum Gasteiger partial charge on any atom is 0.129 e. The first-order chi connectivity index (χ1) is 5.97. The lowest BCUT2D eigenvalue weighted by Crippen LogP contribution is -1.97. The van der Waals surface area contributed by atoms with Gasteiger partial charge in [0.1, 0.15) is 5.15 Å². The average Bonchev–Trinajstić information content (AvgIpc) is 2.02. The maximum absolute atomic E-state index is 5.67. The van der Waals surface area contributed by atoms with Gasteiger partial charge in [-0.15, -0.1) is 0 Å². The molecule has 0 aromatic carbocycles. The van der Waals surface area contributed by atoms with Crippen molar-refractivity contribution >= 4 is 17.7 Å². The van der Waals surface area contributed by atoms with Crippen LogP contribution in [0.5, 0.6) is 0 Å². The lowest BCUT2D eigenvalue weighted by molar-refractivity contribution is 0.547. The van der Waals surface area contributed by atoms with E-state index >= 15 is 0 Å². The molecule has 1 aromatic rings. The molecular formula is C11H14ClN. The van der Waals surface area contributed by atoms with Crippen molar-refractivity contribution in [2.75, 3.05) is 0 Å². The Labute approximate surface area is 84.5 Å². The van der Waals surface area contributed by atoms with Crippen LogP contribution in [0.15, 0.2) is 24.4 Å². The number of hydrogen-bond donors (Lipinski definition) is 0. The average molecular weight is 196 g/mol. The summed E-state index contributed by atoms with van der Waals surface area (Å²) in [7, 11) is 0. The van der Waals surface area contributed by atoms with Crippen molar-refractivity contribution < 1.29 is 0 Å². The second-order valence-corrected chi connectivity index (χ2v) is 4.50. The predicted octanol–water partition coefficient (Wildman–Crippen LogP) is 3.79. The first kappa shape index (κ1) is 10.3. The minimum atomic E-state index is 0.208. The molecule has 0 bridgehead atoms. The summed E-state index contributed by atoms with van der Waals surface area (Å²) < 4.78 is 0. The summed E-state index contributed by atoms with van der Waals surface area (Å²) in [5, 5.41) is 0.535. The minimum Gasteiger partial charge on any atom is -0.244 e. The Balaban J connectivity index is 2.75. The van der Waals surface area contributed by atoms with E-state index in [4.69, 9.17) is 11.6 Å². The first-order valence-corrected chi connectivity index (χ1v) is 4.66. The first-order valence-electron chi connectivity index (χ1n) is 4.28.